The monoisotopic (exact) mass is 407 g/mol. The van der Waals surface area contributed by atoms with Crippen LogP contribution in [-0.2, 0) is 0 Å². The first-order chi connectivity index (χ1) is 13.5. The van der Waals surface area contributed by atoms with Crippen molar-refractivity contribution in [3.63, 3.8) is 0 Å². The van der Waals surface area contributed by atoms with Gasteiger partial charge in [0.25, 0.3) is 0 Å². The van der Waals surface area contributed by atoms with Crippen molar-refractivity contribution in [2.24, 2.45) is 0 Å². The average Bonchev–Trinajstić information content (AvgIpc) is 2.72. The normalized spacial score (nSPS) is 10.8. The predicted molar refractivity (Wildman–Crippen MR) is 114 cm³/mol. The lowest BCUT2D eigenvalue weighted by atomic mass is 9.97. The number of rotatable bonds is 4. The van der Waals surface area contributed by atoms with Gasteiger partial charge in [-0.25, -0.2) is 4.98 Å². The van der Waals surface area contributed by atoms with Gasteiger partial charge >= 0.3 is 0 Å². The molecule has 4 rings (SSSR count). The van der Waals surface area contributed by atoms with E-state index in [-0.39, 0.29) is 5.78 Å². The van der Waals surface area contributed by atoms with Crippen molar-refractivity contribution in [1.82, 2.24) is 4.98 Å². The summed E-state index contributed by atoms with van der Waals surface area (Å²) in [6, 6.07) is 21.7. The fourth-order valence-electron chi connectivity index (χ4n) is 3.11. The van der Waals surface area contributed by atoms with Crippen LogP contribution in [0.5, 0.6) is 5.88 Å². The lowest BCUT2D eigenvalue weighted by Gasteiger charge is -2.11. The van der Waals surface area contributed by atoms with E-state index in [2.05, 4.69) is 4.98 Å². The van der Waals surface area contributed by atoms with Crippen LogP contribution < -0.4 is 4.74 Å². The summed E-state index contributed by atoms with van der Waals surface area (Å²) in [5.74, 6) is 0.422. The summed E-state index contributed by atoms with van der Waals surface area (Å²) >= 11 is 12.1. The summed E-state index contributed by atoms with van der Waals surface area (Å²) in [6.45, 7) is 0. The molecule has 0 unspecified atom stereocenters. The van der Waals surface area contributed by atoms with Gasteiger partial charge in [-0.3, -0.25) is 4.79 Å². The zero-order valence-electron chi connectivity index (χ0n) is 14.9. The van der Waals surface area contributed by atoms with Crippen LogP contribution in [0, 0.1) is 0 Å². The van der Waals surface area contributed by atoms with E-state index in [0.717, 1.165) is 22.0 Å². The Balaban J connectivity index is 1.89. The summed E-state index contributed by atoms with van der Waals surface area (Å²) in [5, 5.41) is 2.08. The van der Waals surface area contributed by atoms with Gasteiger partial charge in [-0.1, -0.05) is 35.3 Å². The topological polar surface area (TPSA) is 39.2 Å². The van der Waals surface area contributed by atoms with Gasteiger partial charge < -0.3 is 4.74 Å². The third-order valence-electron chi connectivity index (χ3n) is 4.50. The second kappa shape index (κ2) is 7.63. The van der Waals surface area contributed by atoms with Crippen molar-refractivity contribution < 1.29 is 9.53 Å². The van der Waals surface area contributed by atoms with Gasteiger partial charge in [0, 0.05) is 32.6 Å². The Labute approximate surface area is 172 Å². The van der Waals surface area contributed by atoms with Crippen LogP contribution in [0.1, 0.15) is 15.9 Å². The van der Waals surface area contributed by atoms with Gasteiger partial charge in [0.05, 0.1) is 12.6 Å². The van der Waals surface area contributed by atoms with Crippen LogP contribution in [0.4, 0.5) is 0 Å². The van der Waals surface area contributed by atoms with Crippen LogP contribution in [-0.4, -0.2) is 17.9 Å². The summed E-state index contributed by atoms with van der Waals surface area (Å²) in [7, 11) is 1.58. The van der Waals surface area contributed by atoms with Gasteiger partial charge in [-0.05, 0) is 65.7 Å². The van der Waals surface area contributed by atoms with Crippen molar-refractivity contribution in [3.8, 4) is 17.0 Å². The Bertz CT molecular complexity index is 1190. The molecule has 0 saturated carbocycles. The van der Waals surface area contributed by atoms with E-state index in [1.807, 2.05) is 42.5 Å². The van der Waals surface area contributed by atoms with Gasteiger partial charge in [0.2, 0.25) is 5.88 Å². The number of hydrogen-bond acceptors (Lipinski definition) is 3. The van der Waals surface area contributed by atoms with Crippen molar-refractivity contribution in [2.75, 3.05) is 7.11 Å². The summed E-state index contributed by atoms with van der Waals surface area (Å²) in [4.78, 5) is 17.4. The zero-order chi connectivity index (χ0) is 19.7. The summed E-state index contributed by atoms with van der Waals surface area (Å²) < 4.78 is 5.35. The average molecular weight is 408 g/mol. The molecular formula is C23H15Cl2NO2. The number of pyridine rings is 1. The quantitative estimate of drug-likeness (QED) is 0.365. The number of halogens is 2. The molecule has 0 bridgehead atoms. The number of ether oxygens (including phenoxy) is 1. The van der Waals surface area contributed by atoms with E-state index < -0.39 is 0 Å². The SMILES string of the molecule is COc1cc(-c2cccc(Cl)c2)c2cc(C(=O)c3ccc(Cl)cc3)ccc2n1. The van der Waals surface area contributed by atoms with Crippen molar-refractivity contribution in [1.29, 1.82) is 0 Å². The maximum absolute atomic E-state index is 12.9. The number of aromatic nitrogens is 1. The molecule has 0 saturated heterocycles. The fourth-order valence-corrected chi connectivity index (χ4v) is 3.43. The first-order valence-electron chi connectivity index (χ1n) is 8.60. The highest BCUT2D eigenvalue weighted by molar-refractivity contribution is 6.31. The summed E-state index contributed by atoms with van der Waals surface area (Å²) in [6.07, 6.45) is 0. The molecule has 0 fully saturated rings. The van der Waals surface area contributed by atoms with E-state index in [0.29, 0.717) is 27.1 Å². The number of nitrogens with zero attached hydrogens (tertiary/aromatic N) is 1. The van der Waals surface area contributed by atoms with Gasteiger partial charge in [-0.15, -0.1) is 0 Å². The Morgan fingerprint density at radius 1 is 0.857 bits per heavy atom. The molecule has 0 aliphatic carbocycles. The van der Waals surface area contributed by atoms with Gasteiger partial charge in [0.1, 0.15) is 0 Å². The molecular weight excluding hydrogens is 393 g/mol. The minimum Gasteiger partial charge on any atom is -0.481 e. The molecule has 3 aromatic carbocycles. The highest BCUT2D eigenvalue weighted by atomic mass is 35.5. The molecule has 0 atom stereocenters. The van der Waals surface area contributed by atoms with E-state index in [1.165, 1.54) is 0 Å². The number of benzene rings is 3. The van der Waals surface area contributed by atoms with E-state index in [9.17, 15) is 4.79 Å². The lowest BCUT2D eigenvalue weighted by Crippen LogP contribution is -2.01. The minimum absolute atomic E-state index is 0.0774. The minimum atomic E-state index is -0.0774. The molecule has 1 aromatic heterocycles. The van der Waals surface area contributed by atoms with Crippen LogP contribution in [0.2, 0.25) is 10.0 Å². The Kier molecular flexibility index (Phi) is 5.03. The van der Waals surface area contributed by atoms with Gasteiger partial charge in [0.15, 0.2) is 5.78 Å². The lowest BCUT2D eigenvalue weighted by molar-refractivity contribution is 0.103. The van der Waals surface area contributed by atoms with Crippen LogP contribution in [0.15, 0.2) is 72.8 Å². The van der Waals surface area contributed by atoms with Crippen molar-refractivity contribution in [3.05, 3.63) is 94.0 Å². The highest BCUT2D eigenvalue weighted by Gasteiger charge is 2.14. The second-order valence-corrected chi connectivity index (χ2v) is 7.16. The second-order valence-electron chi connectivity index (χ2n) is 6.29. The Hall–Kier alpha value is -2.88. The molecule has 138 valence electrons. The number of methoxy groups -OCH3 is 1. The third-order valence-corrected chi connectivity index (χ3v) is 4.99. The third kappa shape index (κ3) is 3.59. The predicted octanol–water partition coefficient (Wildman–Crippen LogP) is 6.45. The van der Waals surface area contributed by atoms with E-state index in [1.54, 1.807) is 37.4 Å². The molecule has 4 aromatic rings. The van der Waals surface area contributed by atoms with Crippen LogP contribution in [0.25, 0.3) is 22.0 Å². The molecule has 0 amide bonds. The van der Waals surface area contributed by atoms with E-state index >= 15 is 0 Å². The van der Waals surface area contributed by atoms with Crippen molar-refractivity contribution >= 4 is 39.9 Å². The van der Waals surface area contributed by atoms with Crippen LogP contribution in [0.3, 0.4) is 0 Å². The summed E-state index contributed by atoms with van der Waals surface area (Å²) in [5.41, 5.74) is 3.71. The highest BCUT2D eigenvalue weighted by Crippen LogP contribution is 2.33. The fraction of sp³-hybridized carbons (Fsp3) is 0.0435. The standard InChI is InChI=1S/C23H15Cl2NO2/c1-28-22-13-19(15-3-2-4-18(25)11-15)20-12-16(7-10-21(20)26-22)23(27)14-5-8-17(24)9-6-14/h2-13H,1H3. The molecule has 1 heterocycles. The Morgan fingerprint density at radius 3 is 2.32 bits per heavy atom. The van der Waals surface area contributed by atoms with E-state index in [4.69, 9.17) is 27.9 Å². The zero-order valence-corrected chi connectivity index (χ0v) is 16.5. The molecule has 0 radical (unpaired) electrons. The molecule has 0 aliphatic rings. The number of carbonyl (C=O) groups is 1. The maximum Gasteiger partial charge on any atom is 0.214 e. The molecule has 0 spiro atoms. The number of carbonyl (C=O) groups excluding carboxylic acids is 1. The smallest absolute Gasteiger partial charge is 0.214 e. The van der Waals surface area contributed by atoms with Crippen molar-refractivity contribution in [2.45, 2.75) is 0 Å². The first-order valence-corrected chi connectivity index (χ1v) is 9.36. The molecule has 0 N–H and O–H groups in total. The number of ketones is 1. The molecule has 5 heteroatoms. The molecule has 3 nitrogen and oxygen atoms in total. The number of fused-ring (bicyclic) bond motifs is 1. The maximum atomic E-state index is 12.9. The van der Waals surface area contributed by atoms with Crippen LogP contribution >= 0.6 is 23.2 Å². The molecule has 0 aliphatic heterocycles. The van der Waals surface area contributed by atoms with Gasteiger partial charge in [-0.2, -0.15) is 0 Å². The first kappa shape index (κ1) is 18.5. The Morgan fingerprint density at radius 2 is 1.61 bits per heavy atom. The molecule has 28 heavy (non-hydrogen) atoms. The number of hydrogen-bond donors (Lipinski definition) is 0. The largest absolute Gasteiger partial charge is 0.481 e.